The van der Waals surface area contributed by atoms with Crippen molar-refractivity contribution in [2.45, 2.75) is 39.5 Å². The maximum Gasteiger partial charge on any atom is 0.219 e. The van der Waals surface area contributed by atoms with Crippen LogP contribution in [0.15, 0.2) is 30.3 Å². The highest BCUT2D eigenvalue weighted by Gasteiger charge is 2.21. The summed E-state index contributed by atoms with van der Waals surface area (Å²) >= 11 is 0. The number of hydrogen-bond donors (Lipinski definition) is 1. The van der Waals surface area contributed by atoms with Crippen LogP contribution in [-0.4, -0.2) is 33.7 Å². The van der Waals surface area contributed by atoms with Gasteiger partial charge in [0.15, 0.2) is 0 Å². The molecule has 0 unspecified atom stereocenters. The van der Waals surface area contributed by atoms with E-state index in [9.17, 15) is 4.79 Å². The minimum absolute atomic E-state index is 0.193. The predicted molar refractivity (Wildman–Crippen MR) is 96.0 cm³/mol. The highest BCUT2D eigenvalue weighted by atomic mass is 16.2. The van der Waals surface area contributed by atoms with Gasteiger partial charge in [-0.2, -0.15) is 5.10 Å². The third-order valence-electron chi connectivity index (χ3n) is 5.12. The second-order valence-corrected chi connectivity index (χ2v) is 6.69. The van der Waals surface area contributed by atoms with E-state index in [1.165, 1.54) is 0 Å². The Morgan fingerprint density at radius 1 is 1.25 bits per heavy atom. The number of nitrogens with two attached hydrogens (primary N) is 1. The number of rotatable bonds is 4. The Morgan fingerprint density at radius 3 is 2.54 bits per heavy atom. The number of nitrogens with zero attached hydrogens (tertiary/aromatic N) is 3. The van der Waals surface area contributed by atoms with E-state index in [0.717, 1.165) is 61.5 Å². The predicted octanol–water partition coefficient (Wildman–Crippen LogP) is 2.95. The SMILES string of the molecule is CC(=O)N1CCC(CCc2nn(-c3ccccc3)c(N)c2C)CC1. The average molecular weight is 326 g/mol. The van der Waals surface area contributed by atoms with Gasteiger partial charge in [0.25, 0.3) is 0 Å². The monoisotopic (exact) mass is 326 g/mol. The van der Waals surface area contributed by atoms with Crippen molar-refractivity contribution in [1.82, 2.24) is 14.7 Å². The number of para-hydroxylation sites is 1. The Morgan fingerprint density at radius 2 is 1.92 bits per heavy atom. The summed E-state index contributed by atoms with van der Waals surface area (Å²) in [4.78, 5) is 13.4. The van der Waals surface area contributed by atoms with Gasteiger partial charge in [-0.15, -0.1) is 0 Å². The summed E-state index contributed by atoms with van der Waals surface area (Å²) in [6.07, 6.45) is 4.24. The summed E-state index contributed by atoms with van der Waals surface area (Å²) in [6.45, 7) is 5.48. The topological polar surface area (TPSA) is 64.2 Å². The molecule has 1 aromatic heterocycles. The van der Waals surface area contributed by atoms with E-state index in [-0.39, 0.29) is 5.91 Å². The van der Waals surface area contributed by atoms with Crippen LogP contribution >= 0.6 is 0 Å². The zero-order valence-corrected chi connectivity index (χ0v) is 14.5. The van der Waals surface area contributed by atoms with Crippen LogP contribution < -0.4 is 5.73 Å². The Balaban J connectivity index is 1.63. The van der Waals surface area contributed by atoms with Gasteiger partial charge in [-0.05, 0) is 50.7 Å². The maximum atomic E-state index is 11.4. The van der Waals surface area contributed by atoms with Gasteiger partial charge < -0.3 is 10.6 Å². The molecule has 1 aromatic carbocycles. The van der Waals surface area contributed by atoms with Crippen molar-refractivity contribution in [3.63, 3.8) is 0 Å². The lowest BCUT2D eigenvalue weighted by Gasteiger charge is -2.31. The number of piperidine rings is 1. The Bertz CT molecular complexity index is 700. The molecule has 5 nitrogen and oxygen atoms in total. The van der Waals surface area contributed by atoms with Gasteiger partial charge in [0.2, 0.25) is 5.91 Å². The van der Waals surface area contributed by atoms with Gasteiger partial charge >= 0.3 is 0 Å². The number of nitrogen functional groups attached to an aromatic ring is 1. The standard InChI is InChI=1S/C19H26N4O/c1-14-18(9-8-16-10-12-22(13-11-16)15(2)24)21-23(19(14)20)17-6-4-3-5-7-17/h3-7,16H,8-13,20H2,1-2H3. The average Bonchev–Trinajstić information content (AvgIpc) is 2.89. The van der Waals surface area contributed by atoms with E-state index in [2.05, 4.69) is 6.92 Å². The van der Waals surface area contributed by atoms with Gasteiger partial charge in [-0.1, -0.05) is 18.2 Å². The van der Waals surface area contributed by atoms with Crippen LogP contribution in [0.5, 0.6) is 0 Å². The van der Waals surface area contributed by atoms with Crippen LogP contribution in [0.1, 0.15) is 37.4 Å². The Labute approximate surface area is 143 Å². The number of amides is 1. The first kappa shape index (κ1) is 16.6. The lowest BCUT2D eigenvalue weighted by molar-refractivity contribution is -0.130. The Hall–Kier alpha value is -2.30. The quantitative estimate of drug-likeness (QED) is 0.939. The number of aryl methyl sites for hydroxylation is 1. The van der Waals surface area contributed by atoms with Gasteiger partial charge in [0.1, 0.15) is 5.82 Å². The molecular weight excluding hydrogens is 300 g/mol. The minimum atomic E-state index is 0.193. The van der Waals surface area contributed by atoms with E-state index in [4.69, 9.17) is 10.8 Å². The Kier molecular flexibility index (Phi) is 4.88. The lowest BCUT2D eigenvalue weighted by Crippen LogP contribution is -2.37. The summed E-state index contributed by atoms with van der Waals surface area (Å²) in [6, 6.07) is 10.0. The van der Waals surface area contributed by atoms with E-state index in [1.54, 1.807) is 6.92 Å². The fourth-order valence-electron chi connectivity index (χ4n) is 3.44. The second-order valence-electron chi connectivity index (χ2n) is 6.69. The first-order valence-corrected chi connectivity index (χ1v) is 8.71. The van der Waals surface area contributed by atoms with Gasteiger partial charge in [-0.25, -0.2) is 4.68 Å². The van der Waals surface area contributed by atoms with Gasteiger partial charge in [-0.3, -0.25) is 4.79 Å². The summed E-state index contributed by atoms with van der Waals surface area (Å²) in [5, 5.41) is 4.73. The molecule has 0 spiro atoms. The third kappa shape index (κ3) is 3.45. The molecule has 128 valence electrons. The molecule has 1 aliphatic rings. The fraction of sp³-hybridized carbons (Fsp3) is 0.474. The molecule has 1 amide bonds. The highest BCUT2D eigenvalue weighted by molar-refractivity contribution is 5.73. The van der Waals surface area contributed by atoms with Crippen LogP contribution in [0.2, 0.25) is 0 Å². The molecule has 0 aliphatic carbocycles. The summed E-state index contributed by atoms with van der Waals surface area (Å²) in [7, 11) is 0. The van der Waals surface area contributed by atoms with Crippen molar-refractivity contribution in [3.05, 3.63) is 41.6 Å². The van der Waals surface area contributed by atoms with Crippen molar-refractivity contribution in [3.8, 4) is 5.69 Å². The third-order valence-corrected chi connectivity index (χ3v) is 5.12. The molecule has 24 heavy (non-hydrogen) atoms. The van der Waals surface area contributed by atoms with E-state index < -0.39 is 0 Å². The summed E-state index contributed by atoms with van der Waals surface area (Å²) in [5.41, 5.74) is 9.42. The molecule has 5 heteroatoms. The van der Waals surface area contributed by atoms with E-state index in [0.29, 0.717) is 5.92 Å². The lowest BCUT2D eigenvalue weighted by atomic mass is 9.91. The fourth-order valence-corrected chi connectivity index (χ4v) is 3.44. The summed E-state index contributed by atoms with van der Waals surface area (Å²) < 4.78 is 1.84. The van der Waals surface area contributed by atoms with Gasteiger partial charge in [0.05, 0.1) is 11.4 Å². The first-order chi connectivity index (χ1) is 11.6. The molecular formula is C19H26N4O. The van der Waals surface area contributed by atoms with E-state index in [1.807, 2.05) is 39.9 Å². The second kappa shape index (κ2) is 7.07. The van der Waals surface area contributed by atoms with Crippen molar-refractivity contribution < 1.29 is 4.79 Å². The molecule has 0 bridgehead atoms. The van der Waals surface area contributed by atoms with Crippen molar-refractivity contribution in [2.24, 2.45) is 5.92 Å². The first-order valence-electron chi connectivity index (χ1n) is 8.71. The molecule has 2 aromatic rings. The smallest absolute Gasteiger partial charge is 0.219 e. The molecule has 1 saturated heterocycles. The molecule has 0 saturated carbocycles. The number of aromatic nitrogens is 2. The molecule has 1 aliphatic heterocycles. The number of carbonyl (C=O) groups excluding carboxylic acids is 1. The van der Waals surface area contributed by atoms with Crippen LogP contribution in [0.4, 0.5) is 5.82 Å². The zero-order valence-electron chi connectivity index (χ0n) is 14.5. The normalized spacial score (nSPS) is 15.7. The van der Waals surface area contributed by atoms with Crippen LogP contribution in [-0.2, 0) is 11.2 Å². The molecule has 3 rings (SSSR count). The molecule has 0 radical (unpaired) electrons. The number of benzene rings is 1. The van der Waals surface area contributed by atoms with Crippen molar-refractivity contribution in [1.29, 1.82) is 0 Å². The largest absolute Gasteiger partial charge is 0.383 e. The number of anilines is 1. The van der Waals surface area contributed by atoms with E-state index >= 15 is 0 Å². The van der Waals surface area contributed by atoms with Crippen molar-refractivity contribution >= 4 is 11.7 Å². The minimum Gasteiger partial charge on any atom is -0.383 e. The molecule has 2 heterocycles. The van der Waals surface area contributed by atoms with Gasteiger partial charge in [0, 0.05) is 25.6 Å². The maximum absolute atomic E-state index is 11.4. The van der Waals surface area contributed by atoms with Crippen molar-refractivity contribution in [2.75, 3.05) is 18.8 Å². The summed E-state index contributed by atoms with van der Waals surface area (Å²) in [5.74, 6) is 1.59. The number of carbonyl (C=O) groups is 1. The highest BCUT2D eigenvalue weighted by Crippen LogP contribution is 2.25. The molecule has 1 fully saturated rings. The van der Waals surface area contributed by atoms with Crippen LogP contribution in [0, 0.1) is 12.8 Å². The molecule has 2 N–H and O–H groups in total. The number of likely N-dealkylation sites (tertiary alicyclic amines) is 1. The van der Waals surface area contributed by atoms with Crippen LogP contribution in [0.3, 0.4) is 0 Å². The molecule has 0 atom stereocenters. The van der Waals surface area contributed by atoms with Crippen LogP contribution in [0.25, 0.3) is 5.69 Å². The number of hydrogen-bond acceptors (Lipinski definition) is 3. The zero-order chi connectivity index (χ0) is 17.1.